The Hall–Kier alpha value is -2.88. The van der Waals surface area contributed by atoms with Crippen LogP contribution in [0, 0.1) is 0 Å². The molecule has 0 bridgehead atoms. The minimum atomic E-state index is -0.847. The molecule has 28 heavy (non-hydrogen) atoms. The second-order valence-electron chi connectivity index (χ2n) is 6.20. The van der Waals surface area contributed by atoms with Gasteiger partial charge in [-0.1, -0.05) is 71.7 Å². The molecule has 3 nitrogen and oxygen atoms in total. The van der Waals surface area contributed by atoms with Gasteiger partial charge in [0.1, 0.15) is 0 Å². The zero-order valence-electron chi connectivity index (χ0n) is 14.7. The first-order valence-corrected chi connectivity index (χ1v) is 9.44. The fourth-order valence-electron chi connectivity index (χ4n) is 3.11. The largest absolute Gasteiger partial charge is 0.447 e. The van der Waals surface area contributed by atoms with E-state index in [1.807, 2.05) is 36.4 Å². The van der Waals surface area contributed by atoms with Crippen LogP contribution in [-0.2, 0) is 4.74 Å². The van der Waals surface area contributed by atoms with E-state index in [-0.39, 0.29) is 0 Å². The number of hydrogen-bond acceptors (Lipinski definition) is 3. The van der Waals surface area contributed by atoms with Crippen molar-refractivity contribution in [3.8, 4) is 0 Å². The molecule has 0 aliphatic carbocycles. The van der Waals surface area contributed by atoms with E-state index in [1.54, 1.807) is 48.7 Å². The number of ether oxygens (including phenoxy) is 1. The van der Waals surface area contributed by atoms with Crippen LogP contribution in [0.3, 0.4) is 0 Å². The van der Waals surface area contributed by atoms with Crippen LogP contribution in [0.2, 0.25) is 10.0 Å². The van der Waals surface area contributed by atoms with Crippen LogP contribution in [0.15, 0.2) is 85.1 Å². The normalized spacial score (nSPS) is 11.9. The van der Waals surface area contributed by atoms with E-state index in [9.17, 15) is 4.79 Å². The van der Waals surface area contributed by atoms with E-state index in [4.69, 9.17) is 27.9 Å². The van der Waals surface area contributed by atoms with Gasteiger partial charge in [-0.05, 0) is 35.7 Å². The third-order valence-electron chi connectivity index (χ3n) is 4.45. The fourth-order valence-corrected chi connectivity index (χ4v) is 3.71. The van der Waals surface area contributed by atoms with Gasteiger partial charge in [-0.25, -0.2) is 4.79 Å². The lowest BCUT2D eigenvalue weighted by atomic mass is 10.0. The van der Waals surface area contributed by atoms with Crippen LogP contribution in [0.1, 0.15) is 27.7 Å². The van der Waals surface area contributed by atoms with Crippen molar-refractivity contribution in [1.82, 2.24) is 4.98 Å². The number of esters is 1. The number of benzene rings is 3. The van der Waals surface area contributed by atoms with Gasteiger partial charge < -0.3 is 4.74 Å². The van der Waals surface area contributed by atoms with Crippen molar-refractivity contribution in [1.29, 1.82) is 0 Å². The van der Waals surface area contributed by atoms with Gasteiger partial charge in [0, 0.05) is 27.2 Å². The van der Waals surface area contributed by atoms with Gasteiger partial charge in [-0.2, -0.15) is 0 Å². The maximum absolute atomic E-state index is 12.8. The summed E-state index contributed by atoms with van der Waals surface area (Å²) in [5.41, 5.74) is 1.53. The molecule has 1 aromatic heterocycles. The van der Waals surface area contributed by atoms with Crippen LogP contribution in [-0.4, -0.2) is 11.0 Å². The Labute approximate surface area is 172 Å². The number of carbonyl (C=O) groups is 1. The molecular formula is C23H15Cl2NO2. The summed E-state index contributed by atoms with van der Waals surface area (Å²) in [5, 5.41) is 2.67. The van der Waals surface area contributed by atoms with Crippen LogP contribution in [0.4, 0.5) is 0 Å². The third-order valence-corrected chi connectivity index (χ3v) is 5.11. The molecule has 0 radical (unpaired) electrons. The summed E-state index contributed by atoms with van der Waals surface area (Å²) in [5.74, 6) is -0.476. The molecule has 0 amide bonds. The van der Waals surface area contributed by atoms with Crippen LogP contribution in [0.25, 0.3) is 10.8 Å². The molecule has 0 fully saturated rings. The van der Waals surface area contributed by atoms with Gasteiger partial charge >= 0.3 is 5.97 Å². The van der Waals surface area contributed by atoms with E-state index < -0.39 is 12.1 Å². The number of hydrogen-bond donors (Lipinski definition) is 0. The zero-order chi connectivity index (χ0) is 19.5. The standard InChI is InChI=1S/C23H15Cl2NO2/c24-18-11-6-12-19(25)20(18)22(28-23(27)16-8-2-1-3-9-16)21-17-10-5-4-7-15(17)13-14-26-21/h1-14,22H/t22-/m1/s1. The maximum Gasteiger partial charge on any atom is 0.339 e. The molecule has 138 valence electrons. The SMILES string of the molecule is O=C(O[C@H](c1c(Cl)cccc1Cl)c1nccc2ccccc12)c1ccccc1. The predicted molar refractivity (Wildman–Crippen MR) is 112 cm³/mol. The number of carbonyl (C=O) groups excluding carboxylic acids is 1. The predicted octanol–water partition coefficient (Wildman–Crippen LogP) is 6.49. The van der Waals surface area contributed by atoms with E-state index in [0.29, 0.717) is 26.9 Å². The van der Waals surface area contributed by atoms with Crippen molar-refractivity contribution in [2.45, 2.75) is 6.10 Å². The monoisotopic (exact) mass is 407 g/mol. The summed E-state index contributed by atoms with van der Waals surface area (Å²) in [7, 11) is 0. The van der Waals surface area contributed by atoms with Crippen LogP contribution in [0.5, 0.6) is 0 Å². The molecule has 1 atom stereocenters. The highest BCUT2D eigenvalue weighted by atomic mass is 35.5. The average molecular weight is 408 g/mol. The van der Waals surface area contributed by atoms with Crippen molar-refractivity contribution in [3.05, 3.63) is 112 Å². The third kappa shape index (κ3) is 3.59. The Kier molecular flexibility index (Phi) is 5.29. The molecular weight excluding hydrogens is 393 g/mol. The van der Waals surface area contributed by atoms with Gasteiger partial charge in [0.2, 0.25) is 0 Å². The van der Waals surface area contributed by atoms with E-state index in [0.717, 1.165) is 10.8 Å². The maximum atomic E-state index is 12.8. The summed E-state index contributed by atoms with van der Waals surface area (Å²) in [4.78, 5) is 17.3. The quantitative estimate of drug-likeness (QED) is 0.363. The van der Waals surface area contributed by atoms with Crippen molar-refractivity contribution in [2.24, 2.45) is 0 Å². The molecule has 0 spiro atoms. The number of rotatable bonds is 4. The van der Waals surface area contributed by atoms with E-state index in [2.05, 4.69) is 4.98 Å². The molecule has 0 saturated carbocycles. The number of halogens is 2. The molecule has 4 aromatic rings. The van der Waals surface area contributed by atoms with Crippen molar-refractivity contribution in [3.63, 3.8) is 0 Å². The van der Waals surface area contributed by atoms with E-state index in [1.165, 1.54) is 0 Å². The highest BCUT2D eigenvalue weighted by molar-refractivity contribution is 6.36. The minimum absolute atomic E-state index is 0.410. The van der Waals surface area contributed by atoms with E-state index >= 15 is 0 Å². The smallest absolute Gasteiger partial charge is 0.339 e. The zero-order valence-corrected chi connectivity index (χ0v) is 16.2. The Bertz CT molecular complexity index is 1120. The minimum Gasteiger partial charge on any atom is -0.447 e. The lowest BCUT2D eigenvalue weighted by molar-refractivity contribution is 0.0374. The highest BCUT2D eigenvalue weighted by Gasteiger charge is 2.27. The first kappa shape index (κ1) is 18.5. The second kappa shape index (κ2) is 8.01. The fraction of sp³-hybridized carbons (Fsp3) is 0.0435. The molecule has 0 unspecified atom stereocenters. The number of pyridine rings is 1. The second-order valence-corrected chi connectivity index (χ2v) is 7.02. The Balaban J connectivity index is 1.88. The highest BCUT2D eigenvalue weighted by Crippen LogP contribution is 2.38. The van der Waals surface area contributed by atoms with Crippen molar-refractivity contribution in [2.75, 3.05) is 0 Å². The summed E-state index contributed by atoms with van der Waals surface area (Å²) in [6, 6.07) is 23.7. The molecule has 0 N–H and O–H groups in total. The van der Waals surface area contributed by atoms with Crippen molar-refractivity contribution < 1.29 is 9.53 Å². The van der Waals surface area contributed by atoms with Gasteiger partial charge in [-0.3, -0.25) is 4.98 Å². The Morgan fingerprint density at radius 1 is 0.821 bits per heavy atom. The number of fused-ring (bicyclic) bond motifs is 1. The van der Waals surface area contributed by atoms with Gasteiger partial charge in [0.05, 0.1) is 11.3 Å². The number of aromatic nitrogens is 1. The summed E-state index contributed by atoms with van der Waals surface area (Å²) >= 11 is 12.9. The molecule has 3 aromatic carbocycles. The Morgan fingerprint density at radius 2 is 1.50 bits per heavy atom. The topological polar surface area (TPSA) is 39.2 Å². The van der Waals surface area contributed by atoms with Crippen LogP contribution < -0.4 is 0 Å². The molecule has 0 aliphatic rings. The first-order valence-electron chi connectivity index (χ1n) is 8.69. The van der Waals surface area contributed by atoms with Gasteiger partial charge in [0.15, 0.2) is 6.10 Å². The molecule has 4 rings (SSSR count). The molecule has 0 aliphatic heterocycles. The van der Waals surface area contributed by atoms with Gasteiger partial charge in [0.25, 0.3) is 0 Å². The lowest BCUT2D eigenvalue weighted by Gasteiger charge is -2.21. The molecule has 0 saturated heterocycles. The molecule has 1 heterocycles. The summed E-state index contributed by atoms with van der Waals surface area (Å²) in [6.45, 7) is 0. The van der Waals surface area contributed by atoms with Crippen molar-refractivity contribution >= 4 is 39.9 Å². The first-order chi connectivity index (χ1) is 13.6. The lowest BCUT2D eigenvalue weighted by Crippen LogP contribution is -2.15. The Morgan fingerprint density at radius 3 is 2.25 bits per heavy atom. The van der Waals surface area contributed by atoms with Gasteiger partial charge in [-0.15, -0.1) is 0 Å². The molecule has 5 heteroatoms. The summed E-state index contributed by atoms with van der Waals surface area (Å²) in [6.07, 6.45) is 0.839. The number of nitrogens with zero attached hydrogens (tertiary/aromatic N) is 1. The average Bonchev–Trinajstić information content (AvgIpc) is 2.73. The summed E-state index contributed by atoms with van der Waals surface area (Å²) < 4.78 is 5.91. The van der Waals surface area contributed by atoms with Crippen LogP contribution >= 0.6 is 23.2 Å².